The van der Waals surface area contributed by atoms with Crippen LogP contribution in [0, 0.1) is 5.82 Å². The maximum Gasteiger partial charge on any atom is 0.232 e. The molecule has 5 heteroatoms. The molecule has 0 saturated carbocycles. The van der Waals surface area contributed by atoms with Crippen molar-refractivity contribution in [2.75, 3.05) is 10.6 Å². The molecule has 0 saturated heterocycles. The van der Waals surface area contributed by atoms with E-state index >= 15 is 0 Å². The predicted octanol–water partition coefficient (Wildman–Crippen LogP) is 4.40. The fraction of sp³-hybridized carbons (Fsp3) is 0.300. The maximum atomic E-state index is 13.4. The highest BCUT2D eigenvalue weighted by Gasteiger charge is 2.31. The highest BCUT2D eigenvalue weighted by Crippen LogP contribution is 2.33. The molecule has 25 heavy (non-hydrogen) atoms. The van der Waals surface area contributed by atoms with Gasteiger partial charge in [0.15, 0.2) is 0 Å². The number of fused-ring (bicyclic) bond motifs is 1. The molecule has 3 rings (SSSR count). The third-order valence-corrected chi connectivity index (χ3v) is 4.73. The molecule has 0 bridgehead atoms. The van der Waals surface area contributed by atoms with E-state index in [1.165, 1.54) is 17.7 Å². The van der Waals surface area contributed by atoms with Crippen LogP contribution in [0.25, 0.3) is 0 Å². The molecule has 1 aliphatic rings. The van der Waals surface area contributed by atoms with Crippen molar-refractivity contribution >= 4 is 23.2 Å². The molecule has 2 amide bonds. The fourth-order valence-electron chi connectivity index (χ4n) is 3.03. The van der Waals surface area contributed by atoms with Gasteiger partial charge in [-0.1, -0.05) is 32.0 Å². The SMILES string of the molecule is CCC(C)c1ccc(NC(=O)C2CC(=O)Nc3cc(F)ccc32)cc1. The lowest BCUT2D eigenvalue weighted by atomic mass is 9.89. The van der Waals surface area contributed by atoms with Crippen molar-refractivity contribution in [1.29, 1.82) is 0 Å². The summed E-state index contributed by atoms with van der Waals surface area (Å²) in [5.74, 6) is -1.16. The van der Waals surface area contributed by atoms with Gasteiger partial charge < -0.3 is 10.6 Å². The molecule has 2 unspecified atom stereocenters. The van der Waals surface area contributed by atoms with Gasteiger partial charge in [0, 0.05) is 17.8 Å². The van der Waals surface area contributed by atoms with Crippen molar-refractivity contribution in [3.63, 3.8) is 0 Å². The Bertz CT molecular complexity index is 802. The molecule has 0 fully saturated rings. The first-order valence-corrected chi connectivity index (χ1v) is 8.48. The van der Waals surface area contributed by atoms with Gasteiger partial charge in [-0.05, 0) is 47.7 Å². The van der Waals surface area contributed by atoms with E-state index in [4.69, 9.17) is 0 Å². The van der Waals surface area contributed by atoms with Crippen LogP contribution < -0.4 is 10.6 Å². The molecular weight excluding hydrogens is 319 g/mol. The van der Waals surface area contributed by atoms with Crippen LogP contribution in [0.4, 0.5) is 15.8 Å². The average molecular weight is 340 g/mol. The van der Waals surface area contributed by atoms with Gasteiger partial charge in [0.05, 0.1) is 5.92 Å². The summed E-state index contributed by atoms with van der Waals surface area (Å²) in [7, 11) is 0. The van der Waals surface area contributed by atoms with Gasteiger partial charge in [-0.25, -0.2) is 4.39 Å². The van der Waals surface area contributed by atoms with Crippen LogP contribution in [0.5, 0.6) is 0 Å². The summed E-state index contributed by atoms with van der Waals surface area (Å²) in [6, 6.07) is 11.8. The first kappa shape index (κ1) is 17.1. The zero-order valence-corrected chi connectivity index (χ0v) is 14.3. The minimum absolute atomic E-state index is 0.0510. The van der Waals surface area contributed by atoms with E-state index in [2.05, 4.69) is 24.5 Å². The second-order valence-electron chi connectivity index (χ2n) is 6.46. The van der Waals surface area contributed by atoms with Crippen LogP contribution in [0.15, 0.2) is 42.5 Å². The van der Waals surface area contributed by atoms with Crippen LogP contribution in [0.3, 0.4) is 0 Å². The van der Waals surface area contributed by atoms with Crippen molar-refractivity contribution in [2.24, 2.45) is 0 Å². The molecule has 2 aromatic rings. The Morgan fingerprint density at radius 1 is 1.28 bits per heavy atom. The molecule has 0 spiro atoms. The van der Waals surface area contributed by atoms with E-state index in [0.717, 1.165) is 6.42 Å². The Hall–Kier alpha value is -2.69. The molecule has 1 aliphatic heterocycles. The molecular formula is C20H21FN2O2. The van der Waals surface area contributed by atoms with E-state index in [-0.39, 0.29) is 18.2 Å². The standard InChI is InChI=1S/C20H21FN2O2/c1-3-12(2)13-4-7-15(8-5-13)22-20(25)17-11-19(24)23-18-10-14(21)6-9-16(17)18/h4-10,12,17H,3,11H2,1-2H3,(H,22,25)(H,23,24). The first-order chi connectivity index (χ1) is 12.0. The highest BCUT2D eigenvalue weighted by atomic mass is 19.1. The largest absolute Gasteiger partial charge is 0.326 e. The molecule has 2 aromatic carbocycles. The van der Waals surface area contributed by atoms with E-state index in [9.17, 15) is 14.0 Å². The van der Waals surface area contributed by atoms with Crippen LogP contribution in [0.2, 0.25) is 0 Å². The van der Waals surface area contributed by atoms with Gasteiger partial charge in [0.2, 0.25) is 11.8 Å². The number of amides is 2. The van der Waals surface area contributed by atoms with Crippen LogP contribution in [-0.4, -0.2) is 11.8 Å². The monoisotopic (exact) mass is 340 g/mol. The van der Waals surface area contributed by atoms with E-state index in [0.29, 0.717) is 22.9 Å². The van der Waals surface area contributed by atoms with Gasteiger partial charge in [-0.15, -0.1) is 0 Å². The Kier molecular flexibility index (Phi) is 4.83. The lowest BCUT2D eigenvalue weighted by molar-refractivity contribution is -0.123. The summed E-state index contributed by atoms with van der Waals surface area (Å²) in [6.07, 6.45) is 1.10. The highest BCUT2D eigenvalue weighted by molar-refractivity contribution is 6.05. The number of nitrogens with one attached hydrogen (secondary N) is 2. The van der Waals surface area contributed by atoms with Crippen molar-refractivity contribution in [2.45, 2.75) is 38.5 Å². The van der Waals surface area contributed by atoms with Crippen LogP contribution in [-0.2, 0) is 9.59 Å². The fourth-order valence-corrected chi connectivity index (χ4v) is 3.03. The Balaban J connectivity index is 1.79. The number of hydrogen-bond donors (Lipinski definition) is 2. The smallest absolute Gasteiger partial charge is 0.232 e. The number of rotatable bonds is 4. The second kappa shape index (κ2) is 7.05. The zero-order chi connectivity index (χ0) is 18.0. The Morgan fingerprint density at radius 3 is 2.68 bits per heavy atom. The van der Waals surface area contributed by atoms with Gasteiger partial charge in [-0.3, -0.25) is 9.59 Å². The molecule has 0 aliphatic carbocycles. The summed E-state index contributed by atoms with van der Waals surface area (Å²) in [4.78, 5) is 24.5. The van der Waals surface area contributed by atoms with Gasteiger partial charge in [-0.2, -0.15) is 0 Å². The third kappa shape index (κ3) is 3.71. The second-order valence-corrected chi connectivity index (χ2v) is 6.46. The Labute approximate surface area is 146 Å². The van der Waals surface area contributed by atoms with E-state index < -0.39 is 11.7 Å². The summed E-state index contributed by atoms with van der Waals surface area (Å²) in [5.41, 5.74) is 2.91. The molecule has 2 atom stereocenters. The van der Waals surface area contributed by atoms with Crippen molar-refractivity contribution in [1.82, 2.24) is 0 Å². The zero-order valence-electron chi connectivity index (χ0n) is 14.3. The molecule has 130 valence electrons. The quantitative estimate of drug-likeness (QED) is 0.866. The summed E-state index contributed by atoms with van der Waals surface area (Å²) in [6.45, 7) is 4.29. The van der Waals surface area contributed by atoms with Gasteiger partial charge >= 0.3 is 0 Å². The van der Waals surface area contributed by atoms with Crippen LogP contribution in [0.1, 0.15) is 49.7 Å². The van der Waals surface area contributed by atoms with Crippen LogP contribution >= 0.6 is 0 Å². The minimum Gasteiger partial charge on any atom is -0.326 e. The topological polar surface area (TPSA) is 58.2 Å². The van der Waals surface area contributed by atoms with Crippen molar-refractivity contribution in [3.05, 3.63) is 59.4 Å². The molecule has 0 radical (unpaired) electrons. The molecule has 1 heterocycles. The summed E-state index contributed by atoms with van der Waals surface area (Å²) < 4.78 is 13.4. The van der Waals surface area contributed by atoms with Gasteiger partial charge in [0.25, 0.3) is 0 Å². The number of benzene rings is 2. The summed E-state index contributed by atoms with van der Waals surface area (Å²) in [5, 5.41) is 5.48. The number of hydrogen-bond acceptors (Lipinski definition) is 2. The summed E-state index contributed by atoms with van der Waals surface area (Å²) >= 11 is 0. The Morgan fingerprint density at radius 2 is 2.00 bits per heavy atom. The molecule has 0 aromatic heterocycles. The average Bonchev–Trinajstić information content (AvgIpc) is 2.60. The maximum absolute atomic E-state index is 13.4. The number of anilines is 2. The lowest BCUT2D eigenvalue weighted by Crippen LogP contribution is -2.30. The number of halogens is 1. The minimum atomic E-state index is -0.626. The third-order valence-electron chi connectivity index (χ3n) is 4.73. The van der Waals surface area contributed by atoms with Crippen molar-refractivity contribution in [3.8, 4) is 0 Å². The van der Waals surface area contributed by atoms with E-state index in [1.807, 2.05) is 24.3 Å². The molecule has 2 N–H and O–H groups in total. The lowest BCUT2D eigenvalue weighted by Gasteiger charge is -2.25. The number of carbonyl (C=O) groups is 2. The van der Waals surface area contributed by atoms with Crippen molar-refractivity contribution < 1.29 is 14.0 Å². The first-order valence-electron chi connectivity index (χ1n) is 8.48. The predicted molar refractivity (Wildman–Crippen MR) is 96.2 cm³/mol. The molecule has 4 nitrogen and oxygen atoms in total. The van der Waals surface area contributed by atoms with E-state index in [1.54, 1.807) is 6.07 Å². The van der Waals surface area contributed by atoms with Gasteiger partial charge in [0.1, 0.15) is 5.82 Å². The number of carbonyl (C=O) groups excluding carboxylic acids is 2. The normalized spacial score (nSPS) is 17.4.